The van der Waals surface area contributed by atoms with Crippen LogP contribution in [0, 0.1) is 0 Å². The summed E-state index contributed by atoms with van der Waals surface area (Å²) < 4.78 is 26.7. The van der Waals surface area contributed by atoms with Crippen LogP contribution in [0.4, 0.5) is 0 Å². The average molecular weight is 341 g/mol. The average Bonchev–Trinajstić information content (AvgIpc) is 2.39. The van der Waals surface area contributed by atoms with Crippen molar-refractivity contribution >= 4 is 7.82 Å². The normalized spacial score (nSPS) is 16.5. The Morgan fingerprint density at radius 1 is 1.09 bits per heavy atom. The fourth-order valence-corrected chi connectivity index (χ4v) is 2.27. The van der Waals surface area contributed by atoms with Crippen molar-refractivity contribution in [3.8, 4) is 0 Å². The zero-order valence-electron chi connectivity index (χ0n) is 14.3. The summed E-state index contributed by atoms with van der Waals surface area (Å²) >= 11 is 0. The van der Waals surface area contributed by atoms with Crippen molar-refractivity contribution in [1.29, 1.82) is 0 Å². The molecule has 0 aliphatic heterocycles. The number of unbranched alkanes of at least 4 members (excludes halogenated alkanes) is 3. The van der Waals surface area contributed by atoms with Crippen molar-refractivity contribution in [2.45, 2.75) is 38.7 Å². The largest absolute Gasteiger partial charge is 0.756 e. The number of ether oxygens (including phenoxy) is 1. The summed E-state index contributed by atoms with van der Waals surface area (Å²) in [6.07, 6.45) is 3.38. The summed E-state index contributed by atoms with van der Waals surface area (Å²) in [4.78, 5) is 11.5. The van der Waals surface area contributed by atoms with E-state index in [1.54, 1.807) is 0 Å². The van der Waals surface area contributed by atoms with Gasteiger partial charge in [-0.1, -0.05) is 26.2 Å². The number of aliphatic hydroxyl groups excluding tert-OH is 1. The number of hydrogen-bond donors (Lipinski definition) is 1. The molecule has 2 atom stereocenters. The van der Waals surface area contributed by atoms with Crippen molar-refractivity contribution in [2.75, 3.05) is 54.1 Å². The standard InChI is InChI=1S/C14H32NO6P/c1-5-6-7-8-10-19-12-14(16)13-21-22(17,18)20-11-9-15(2,3)4/h14,16H,5-13H2,1-4H3. The van der Waals surface area contributed by atoms with Gasteiger partial charge in [-0.25, -0.2) is 0 Å². The molecule has 0 spiro atoms. The fourth-order valence-electron chi connectivity index (χ4n) is 1.54. The van der Waals surface area contributed by atoms with Gasteiger partial charge in [0, 0.05) is 6.61 Å². The van der Waals surface area contributed by atoms with Crippen LogP contribution in [0.15, 0.2) is 0 Å². The molecule has 134 valence electrons. The number of likely N-dealkylation sites (N-methyl/N-ethyl adjacent to an activating group) is 1. The van der Waals surface area contributed by atoms with Gasteiger partial charge in [0.1, 0.15) is 19.3 Å². The molecule has 0 aliphatic rings. The van der Waals surface area contributed by atoms with Gasteiger partial charge in [-0.3, -0.25) is 4.57 Å². The van der Waals surface area contributed by atoms with Crippen LogP contribution in [0.5, 0.6) is 0 Å². The molecule has 1 N–H and O–H groups in total. The van der Waals surface area contributed by atoms with Gasteiger partial charge in [0.15, 0.2) is 0 Å². The zero-order valence-corrected chi connectivity index (χ0v) is 15.2. The summed E-state index contributed by atoms with van der Waals surface area (Å²) in [5.41, 5.74) is 0. The van der Waals surface area contributed by atoms with Crippen molar-refractivity contribution in [3.05, 3.63) is 0 Å². The first-order chi connectivity index (χ1) is 10.2. The summed E-state index contributed by atoms with van der Waals surface area (Å²) in [6, 6.07) is 0. The van der Waals surface area contributed by atoms with Gasteiger partial charge in [0.05, 0.1) is 34.4 Å². The second-order valence-corrected chi connectivity index (χ2v) is 7.79. The first-order valence-electron chi connectivity index (χ1n) is 7.82. The maximum Gasteiger partial charge on any atom is 0.268 e. The van der Waals surface area contributed by atoms with Crippen molar-refractivity contribution in [1.82, 2.24) is 0 Å². The van der Waals surface area contributed by atoms with E-state index in [9.17, 15) is 14.6 Å². The van der Waals surface area contributed by atoms with Gasteiger partial charge in [-0.15, -0.1) is 0 Å². The number of phosphoric ester groups is 1. The molecule has 8 heteroatoms. The van der Waals surface area contributed by atoms with Gasteiger partial charge in [-0.2, -0.15) is 0 Å². The number of quaternary nitrogens is 1. The Balaban J connectivity index is 3.69. The minimum absolute atomic E-state index is 0.0499. The molecule has 0 aromatic rings. The second-order valence-electron chi connectivity index (χ2n) is 6.38. The van der Waals surface area contributed by atoms with E-state index in [1.807, 2.05) is 21.1 Å². The molecule has 22 heavy (non-hydrogen) atoms. The van der Waals surface area contributed by atoms with Crippen molar-refractivity contribution in [3.63, 3.8) is 0 Å². The topological polar surface area (TPSA) is 88.0 Å². The maximum atomic E-state index is 11.5. The second kappa shape index (κ2) is 11.5. The molecule has 0 aliphatic carbocycles. The van der Waals surface area contributed by atoms with E-state index < -0.39 is 13.9 Å². The molecule has 2 unspecified atom stereocenters. The smallest absolute Gasteiger partial charge is 0.268 e. The van der Waals surface area contributed by atoms with Crippen LogP contribution >= 0.6 is 7.82 Å². The zero-order chi connectivity index (χ0) is 17.1. The maximum absolute atomic E-state index is 11.5. The highest BCUT2D eigenvalue weighted by molar-refractivity contribution is 7.45. The highest BCUT2D eigenvalue weighted by atomic mass is 31.2. The minimum Gasteiger partial charge on any atom is -0.756 e. The summed E-state index contributed by atoms with van der Waals surface area (Å²) in [5.74, 6) is 0. The molecule has 7 nitrogen and oxygen atoms in total. The monoisotopic (exact) mass is 341 g/mol. The highest BCUT2D eigenvalue weighted by Gasteiger charge is 2.15. The molecule has 0 fully saturated rings. The molecule has 0 aromatic carbocycles. The predicted octanol–water partition coefficient (Wildman–Crippen LogP) is 1.15. The summed E-state index contributed by atoms with van der Waals surface area (Å²) in [6.45, 7) is 3.00. The lowest BCUT2D eigenvalue weighted by atomic mass is 10.2. The van der Waals surface area contributed by atoms with Gasteiger partial charge >= 0.3 is 0 Å². The van der Waals surface area contributed by atoms with E-state index >= 15 is 0 Å². The lowest BCUT2D eigenvalue weighted by Crippen LogP contribution is -2.37. The van der Waals surface area contributed by atoms with E-state index in [0.717, 1.165) is 19.3 Å². The van der Waals surface area contributed by atoms with Crippen LogP contribution in [-0.4, -0.2) is 69.8 Å². The van der Waals surface area contributed by atoms with E-state index in [-0.39, 0.29) is 19.8 Å². The highest BCUT2D eigenvalue weighted by Crippen LogP contribution is 2.38. The third-order valence-electron chi connectivity index (χ3n) is 2.89. The number of nitrogens with zero attached hydrogens (tertiary/aromatic N) is 1. The van der Waals surface area contributed by atoms with Crippen LogP contribution in [0.25, 0.3) is 0 Å². The Morgan fingerprint density at radius 2 is 1.77 bits per heavy atom. The number of aliphatic hydroxyl groups is 1. The Hall–Kier alpha value is -0.0100. The van der Waals surface area contributed by atoms with Crippen molar-refractivity contribution < 1.29 is 32.8 Å². The third kappa shape index (κ3) is 14.9. The number of phosphoric acid groups is 1. The molecule has 0 heterocycles. The quantitative estimate of drug-likeness (QED) is 0.290. The Bertz CT molecular complexity index is 321. The molecule has 0 bridgehead atoms. The molecule has 0 aromatic heterocycles. The Morgan fingerprint density at radius 3 is 2.36 bits per heavy atom. The van der Waals surface area contributed by atoms with E-state index in [1.165, 1.54) is 6.42 Å². The summed E-state index contributed by atoms with van der Waals surface area (Å²) in [7, 11) is 1.43. The molecular weight excluding hydrogens is 309 g/mol. The van der Waals surface area contributed by atoms with E-state index in [4.69, 9.17) is 9.26 Å². The van der Waals surface area contributed by atoms with Crippen LogP contribution in [0.1, 0.15) is 32.6 Å². The predicted molar refractivity (Wildman–Crippen MR) is 83.4 cm³/mol. The van der Waals surface area contributed by atoms with E-state index in [2.05, 4.69) is 11.4 Å². The molecule has 0 radical (unpaired) electrons. The first-order valence-corrected chi connectivity index (χ1v) is 9.29. The molecule has 0 saturated carbocycles. The first kappa shape index (κ1) is 22.0. The SMILES string of the molecule is CCCCCCOCC(O)COP(=O)([O-])OCC[N+](C)(C)C. The molecular formula is C14H32NO6P. The van der Waals surface area contributed by atoms with Crippen molar-refractivity contribution in [2.24, 2.45) is 0 Å². The number of rotatable bonds is 14. The van der Waals surface area contributed by atoms with Crippen LogP contribution in [0.3, 0.4) is 0 Å². The lowest BCUT2D eigenvalue weighted by Gasteiger charge is -2.27. The van der Waals surface area contributed by atoms with Gasteiger partial charge < -0.3 is 28.3 Å². The van der Waals surface area contributed by atoms with Crippen LogP contribution in [0.2, 0.25) is 0 Å². The fraction of sp³-hybridized carbons (Fsp3) is 1.00. The van der Waals surface area contributed by atoms with Gasteiger partial charge in [-0.05, 0) is 6.42 Å². The Kier molecular flexibility index (Phi) is 11.5. The van der Waals surface area contributed by atoms with Gasteiger partial charge in [0.2, 0.25) is 0 Å². The minimum atomic E-state index is -4.36. The molecule has 0 rings (SSSR count). The van der Waals surface area contributed by atoms with Gasteiger partial charge in [0.25, 0.3) is 7.82 Å². The lowest BCUT2D eigenvalue weighted by molar-refractivity contribution is -0.870. The van der Waals surface area contributed by atoms with Crippen LogP contribution < -0.4 is 4.89 Å². The molecule has 0 amide bonds. The van der Waals surface area contributed by atoms with Crippen LogP contribution in [-0.2, 0) is 18.3 Å². The molecule has 0 saturated heterocycles. The number of hydrogen-bond acceptors (Lipinski definition) is 6. The Labute approximate surface area is 134 Å². The summed E-state index contributed by atoms with van der Waals surface area (Å²) in [5, 5.41) is 9.60. The third-order valence-corrected chi connectivity index (χ3v) is 3.85. The van der Waals surface area contributed by atoms with E-state index in [0.29, 0.717) is 17.6 Å².